The fraction of sp³-hybridized carbons (Fsp3) is 0.524. The number of amides is 1. The largest absolute Gasteiger partial charge is 0.493 e. The summed E-state index contributed by atoms with van der Waals surface area (Å²) in [4.78, 5) is 21.5. The smallest absolute Gasteiger partial charge is 0.273 e. The van der Waals surface area contributed by atoms with Crippen LogP contribution in [0.5, 0.6) is 11.5 Å². The van der Waals surface area contributed by atoms with E-state index in [4.69, 9.17) is 9.47 Å². The molecule has 28 heavy (non-hydrogen) atoms. The van der Waals surface area contributed by atoms with Crippen LogP contribution in [-0.4, -0.2) is 60.6 Å². The molecule has 2 aromatic rings. The topological polar surface area (TPSA) is 54.9 Å². The number of ether oxygens (including phenoxy) is 2. The van der Waals surface area contributed by atoms with Gasteiger partial charge < -0.3 is 14.4 Å². The Bertz CT molecular complexity index is 859. The second-order valence-corrected chi connectivity index (χ2v) is 8.53. The number of rotatable bonds is 4. The highest BCUT2D eigenvalue weighted by molar-refractivity contribution is 7.09. The number of likely N-dealkylation sites (tertiary alicyclic amines) is 1. The summed E-state index contributed by atoms with van der Waals surface area (Å²) < 4.78 is 10.9. The van der Waals surface area contributed by atoms with Crippen LogP contribution in [0, 0.1) is 6.92 Å². The van der Waals surface area contributed by atoms with E-state index in [1.807, 2.05) is 17.2 Å². The Morgan fingerprint density at radius 3 is 2.39 bits per heavy atom. The highest BCUT2D eigenvalue weighted by atomic mass is 32.1. The predicted molar refractivity (Wildman–Crippen MR) is 109 cm³/mol. The summed E-state index contributed by atoms with van der Waals surface area (Å²) >= 11 is 1.53. The van der Waals surface area contributed by atoms with E-state index in [0.29, 0.717) is 11.7 Å². The number of carbonyl (C=O) groups is 1. The van der Waals surface area contributed by atoms with Gasteiger partial charge in [-0.05, 0) is 49.4 Å². The maximum atomic E-state index is 12.6. The zero-order chi connectivity index (χ0) is 19.7. The second-order valence-electron chi connectivity index (χ2n) is 7.47. The third-order valence-corrected chi connectivity index (χ3v) is 6.63. The summed E-state index contributed by atoms with van der Waals surface area (Å²) in [6.45, 7) is 5.52. The van der Waals surface area contributed by atoms with Crippen LogP contribution in [0.3, 0.4) is 0 Å². The summed E-state index contributed by atoms with van der Waals surface area (Å²) in [5.41, 5.74) is 3.26. The van der Waals surface area contributed by atoms with Gasteiger partial charge in [0.15, 0.2) is 11.5 Å². The molecule has 1 aromatic carbocycles. The van der Waals surface area contributed by atoms with Gasteiger partial charge in [-0.1, -0.05) is 0 Å². The fourth-order valence-electron chi connectivity index (χ4n) is 4.27. The van der Waals surface area contributed by atoms with Gasteiger partial charge in [-0.3, -0.25) is 9.69 Å². The lowest BCUT2D eigenvalue weighted by Crippen LogP contribution is -2.48. The average molecular weight is 402 g/mol. The Labute approximate surface area is 170 Å². The van der Waals surface area contributed by atoms with Crippen LogP contribution >= 0.6 is 11.3 Å². The van der Waals surface area contributed by atoms with Crippen molar-refractivity contribution in [2.45, 2.75) is 38.8 Å². The Hall–Kier alpha value is -2.12. The summed E-state index contributed by atoms with van der Waals surface area (Å²) in [6, 6.07) is 4.74. The molecule has 0 bridgehead atoms. The molecular weight excluding hydrogens is 374 g/mol. The highest BCUT2D eigenvalue weighted by Crippen LogP contribution is 2.34. The van der Waals surface area contributed by atoms with Crippen molar-refractivity contribution in [3.63, 3.8) is 0 Å². The van der Waals surface area contributed by atoms with Crippen LogP contribution in [0.15, 0.2) is 17.5 Å². The molecule has 2 aliphatic rings. The zero-order valence-electron chi connectivity index (χ0n) is 16.7. The third-order valence-electron chi connectivity index (χ3n) is 5.85. The Morgan fingerprint density at radius 1 is 1.11 bits per heavy atom. The van der Waals surface area contributed by atoms with E-state index in [1.165, 1.54) is 22.5 Å². The number of benzene rings is 1. The third kappa shape index (κ3) is 3.73. The van der Waals surface area contributed by atoms with Crippen molar-refractivity contribution in [2.75, 3.05) is 33.9 Å². The molecule has 4 rings (SSSR count). The number of hydrogen-bond acceptors (Lipinski definition) is 6. The second kappa shape index (κ2) is 8.09. The maximum Gasteiger partial charge on any atom is 0.273 e. The van der Waals surface area contributed by atoms with E-state index in [0.717, 1.165) is 61.9 Å². The van der Waals surface area contributed by atoms with Gasteiger partial charge in [0, 0.05) is 37.6 Å². The number of methoxy groups -OCH3 is 2. The van der Waals surface area contributed by atoms with Crippen molar-refractivity contribution in [1.29, 1.82) is 0 Å². The van der Waals surface area contributed by atoms with Crippen LogP contribution in [0.25, 0.3) is 0 Å². The predicted octanol–water partition coefficient (Wildman–Crippen LogP) is 3.13. The minimum Gasteiger partial charge on any atom is -0.493 e. The zero-order valence-corrected chi connectivity index (χ0v) is 17.6. The van der Waals surface area contributed by atoms with E-state index >= 15 is 0 Å². The molecule has 3 heterocycles. The summed E-state index contributed by atoms with van der Waals surface area (Å²) in [7, 11) is 3.36. The minimum absolute atomic E-state index is 0.0728. The van der Waals surface area contributed by atoms with E-state index < -0.39 is 0 Å². The number of thiazole rings is 1. The fourth-order valence-corrected chi connectivity index (χ4v) is 4.86. The van der Waals surface area contributed by atoms with Gasteiger partial charge in [-0.15, -0.1) is 11.3 Å². The molecule has 1 amide bonds. The standard InChI is InChI=1S/C21H27N3O3S/c1-14-22-18(13-28-14)21(25)23-8-5-17(6-9-23)24-7-4-15-10-19(26-2)20(27-3)11-16(15)12-24/h10-11,13,17H,4-9,12H2,1-3H3. The quantitative estimate of drug-likeness (QED) is 0.788. The lowest BCUT2D eigenvalue weighted by molar-refractivity contribution is 0.0594. The number of carbonyl (C=O) groups excluding carboxylic acids is 1. The van der Waals surface area contributed by atoms with Crippen LogP contribution in [0.2, 0.25) is 0 Å². The van der Waals surface area contributed by atoms with Crippen molar-refractivity contribution in [3.05, 3.63) is 39.3 Å². The van der Waals surface area contributed by atoms with Gasteiger partial charge in [0.25, 0.3) is 5.91 Å². The molecule has 0 unspecified atom stereocenters. The molecule has 1 fully saturated rings. The lowest BCUT2D eigenvalue weighted by atomic mass is 9.94. The van der Waals surface area contributed by atoms with Gasteiger partial charge in [0.05, 0.1) is 19.2 Å². The molecule has 0 aliphatic carbocycles. The first kappa shape index (κ1) is 19.2. The van der Waals surface area contributed by atoms with E-state index in [-0.39, 0.29) is 5.91 Å². The van der Waals surface area contributed by atoms with Crippen LogP contribution in [0.4, 0.5) is 0 Å². The molecule has 0 radical (unpaired) electrons. The van der Waals surface area contributed by atoms with Crippen molar-refractivity contribution in [2.24, 2.45) is 0 Å². The van der Waals surface area contributed by atoms with Gasteiger partial charge in [-0.25, -0.2) is 4.98 Å². The molecule has 6 nitrogen and oxygen atoms in total. The molecule has 0 saturated carbocycles. The first-order valence-corrected chi connectivity index (χ1v) is 10.7. The van der Waals surface area contributed by atoms with Crippen molar-refractivity contribution in [1.82, 2.24) is 14.8 Å². The molecule has 1 saturated heterocycles. The molecule has 0 N–H and O–H groups in total. The van der Waals surface area contributed by atoms with Gasteiger partial charge in [0.2, 0.25) is 0 Å². The normalized spacial score (nSPS) is 18.0. The van der Waals surface area contributed by atoms with E-state index in [9.17, 15) is 4.79 Å². The Balaban J connectivity index is 1.39. The van der Waals surface area contributed by atoms with E-state index in [1.54, 1.807) is 14.2 Å². The molecule has 1 aromatic heterocycles. The lowest BCUT2D eigenvalue weighted by Gasteiger charge is -2.40. The molecule has 7 heteroatoms. The molecule has 150 valence electrons. The number of piperidine rings is 1. The maximum absolute atomic E-state index is 12.6. The number of fused-ring (bicyclic) bond motifs is 1. The van der Waals surface area contributed by atoms with Crippen molar-refractivity contribution >= 4 is 17.2 Å². The van der Waals surface area contributed by atoms with Crippen LogP contribution in [-0.2, 0) is 13.0 Å². The number of aryl methyl sites for hydroxylation is 1. The minimum atomic E-state index is 0.0728. The van der Waals surface area contributed by atoms with Gasteiger partial charge in [-0.2, -0.15) is 0 Å². The molecular formula is C21H27N3O3S. The number of nitrogens with zero attached hydrogens (tertiary/aromatic N) is 3. The molecule has 2 aliphatic heterocycles. The van der Waals surface area contributed by atoms with Crippen LogP contribution < -0.4 is 9.47 Å². The van der Waals surface area contributed by atoms with Gasteiger partial charge in [0.1, 0.15) is 5.69 Å². The Kier molecular flexibility index (Phi) is 5.55. The first-order chi connectivity index (χ1) is 13.6. The average Bonchev–Trinajstić information content (AvgIpc) is 3.18. The molecule has 0 spiro atoms. The summed E-state index contributed by atoms with van der Waals surface area (Å²) in [6.07, 6.45) is 3.04. The summed E-state index contributed by atoms with van der Waals surface area (Å²) in [5.74, 6) is 1.67. The monoisotopic (exact) mass is 401 g/mol. The number of aromatic nitrogens is 1. The Morgan fingerprint density at radius 2 is 1.79 bits per heavy atom. The van der Waals surface area contributed by atoms with E-state index in [2.05, 4.69) is 22.0 Å². The van der Waals surface area contributed by atoms with Crippen molar-refractivity contribution in [3.8, 4) is 11.5 Å². The van der Waals surface area contributed by atoms with Crippen LogP contribution in [0.1, 0.15) is 39.5 Å². The number of hydrogen-bond donors (Lipinski definition) is 0. The summed E-state index contributed by atoms with van der Waals surface area (Å²) in [5, 5.41) is 2.81. The first-order valence-electron chi connectivity index (χ1n) is 9.78. The van der Waals surface area contributed by atoms with Crippen molar-refractivity contribution < 1.29 is 14.3 Å². The van der Waals surface area contributed by atoms with Gasteiger partial charge >= 0.3 is 0 Å². The highest BCUT2D eigenvalue weighted by Gasteiger charge is 2.30. The molecule has 0 atom stereocenters. The SMILES string of the molecule is COc1cc2c(cc1OC)CN(C1CCN(C(=O)c3csc(C)n3)CC1)CC2.